The van der Waals surface area contributed by atoms with Gasteiger partial charge in [0.2, 0.25) is 5.91 Å². The normalized spacial score (nSPS) is 18.5. The number of fused-ring (bicyclic) bond motifs is 1. The predicted molar refractivity (Wildman–Crippen MR) is 139 cm³/mol. The molecule has 0 radical (unpaired) electrons. The Morgan fingerprint density at radius 1 is 1.03 bits per heavy atom. The number of hydrogen-bond acceptors (Lipinski definition) is 6. The van der Waals surface area contributed by atoms with Gasteiger partial charge < -0.3 is 29.6 Å². The summed E-state index contributed by atoms with van der Waals surface area (Å²) in [4.78, 5) is 46.3. The zero-order valence-corrected chi connectivity index (χ0v) is 21.7. The molecule has 2 heterocycles. The van der Waals surface area contributed by atoms with Crippen LogP contribution in [-0.2, 0) is 24.4 Å². The summed E-state index contributed by atoms with van der Waals surface area (Å²) in [5.74, 6) is 0.324. The number of aromatic nitrogens is 2. The van der Waals surface area contributed by atoms with Gasteiger partial charge >= 0.3 is 0 Å². The van der Waals surface area contributed by atoms with E-state index >= 15 is 0 Å². The first-order valence-electron chi connectivity index (χ1n) is 12.6. The number of methoxy groups -OCH3 is 2. The van der Waals surface area contributed by atoms with Crippen LogP contribution in [0.3, 0.4) is 0 Å². The average molecular weight is 518 g/mol. The van der Waals surface area contributed by atoms with Crippen LogP contribution in [0.1, 0.15) is 51.9 Å². The maximum Gasteiger partial charge on any atom is 0.274 e. The lowest BCUT2D eigenvalue weighted by molar-refractivity contribution is -0.133. The highest BCUT2D eigenvalue weighted by Gasteiger charge is 2.53. The van der Waals surface area contributed by atoms with Gasteiger partial charge in [0.15, 0.2) is 5.69 Å². The third kappa shape index (κ3) is 4.69. The van der Waals surface area contributed by atoms with Crippen LogP contribution in [0.25, 0.3) is 0 Å². The molecule has 198 valence electrons. The van der Waals surface area contributed by atoms with Gasteiger partial charge in [-0.05, 0) is 43.5 Å². The first kappa shape index (κ1) is 25.3. The lowest BCUT2D eigenvalue weighted by Crippen LogP contribution is -2.64. The number of rotatable bonds is 9. The standard InChI is InChI=1S/C28H31N5O5/c1-28(27(36)30-14-18-8-12-21(37-2)13-9-18)16-32-17-31-23(24(32)26(35)33(28)20-10-11-20)25(34)29-15-19-6-4-5-7-22(19)38-3/h4-9,12-13,17,20H,10-11,14-16H2,1-3H3,(H,29,34)(H,30,36). The van der Waals surface area contributed by atoms with E-state index in [2.05, 4.69) is 15.6 Å². The molecule has 0 bridgehead atoms. The van der Waals surface area contributed by atoms with Crippen molar-refractivity contribution in [1.82, 2.24) is 25.1 Å². The van der Waals surface area contributed by atoms with Gasteiger partial charge in [0.25, 0.3) is 11.8 Å². The molecule has 5 rings (SSSR count). The van der Waals surface area contributed by atoms with Gasteiger partial charge in [-0.2, -0.15) is 0 Å². The van der Waals surface area contributed by atoms with Crippen molar-refractivity contribution in [2.75, 3.05) is 14.2 Å². The summed E-state index contributed by atoms with van der Waals surface area (Å²) in [6, 6.07) is 14.8. The molecule has 1 saturated carbocycles. The molecule has 0 saturated heterocycles. The summed E-state index contributed by atoms with van der Waals surface area (Å²) in [5, 5.41) is 5.83. The molecule has 1 aliphatic carbocycles. The summed E-state index contributed by atoms with van der Waals surface area (Å²) < 4.78 is 12.2. The Hall–Kier alpha value is -4.34. The van der Waals surface area contributed by atoms with Crippen molar-refractivity contribution in [3.8, 4) is 11.5 Å². The minimum absolute atomic E-state index is 0.0487. The van der Waals surface area contributed by atoms with Crippen LogP contribution in [-0.4, -0.2) is 58.0 Å². The Morgan fingerprint density at radius 3 is 2.45 bits per heavy atom. The van der Waals surface area contributed by atoms with Crippen LogP contribution in [0.15, 0.2) is 54.9 Å². The molecule has 10 heteroatoms. The van der Waals surface area contributed by atoms with Crippen LogP contribution < -0.4 is 20.1 Å². The summed E-state index contributed by atoms with van der Waals surface area (Å²) >= 11 is 0. The highest BCUT2D eigenvalue weighted by molar-refractivity contribution is 6.07. The van der Waals surface area contributed by atoms with Crippen molar-refractivity contribution in [1.29, 1.82) is 0 Å². The largest absolute Gasteiger partial charge is 0.497 e. The Morgan fingerprint density at radius 2 is 1.76 bits per heavy atom. The Kier molecular flexibility index (Phi) is 6.79. The number of ether oxygens (including phenoxy) is 2. The Labute approximate surface area is 220 Å². The fourth-order valence-corrected chi connectivity index (χ4v) is 4.95. The number of nitrogens with zero attached hydrogens (tertiary/aromatic N) is 3. The average Bonchev–Trinajstić information content (AvgIpc) is 3.68. The molecule has 2 N–H and O–H groups in total. The Bertz CT molecular complexity index is 1360. The molecule has 1 atom stereocenters. The van der Waals surface area contributed by atoms with E-state index in [1.807, 2.05) is 48.5 Å². The number of benzene rings is 2. The number of imidazole rings is 1. The highest BCUT2D eigenvalue weighted by atomic mass is 16.5. The van der Waals surface area contributed by atoms with Crippen LogP contribution in [0.2, 0.25) is 0 Å². The Balaban J connectivity index is 1.34. The smallest absolute Gasteiger partial charge is 0.274 e. The fraction of sp³-hybridized carbons (Fsp3) is 0.357. The van der Waals surface area contributed by atoms with Gasteiger partial charge in [0.05, 0.1) is 27.1 Å². The van der Waals surface area contributed by atoms with E-state index in [4.69, 9.17) is 9.47 Å². The minimum Gasteiger partial charge on any atom is -0.497 e. The van der Waals surface area contributed by atoms with Crippen molar-refractivity contribution in [2.24, 2.45) is 0 Å². The van der Waals surface area contributed by atoms with Crippen LogP contribution >= 0.6 is 0 Å². The number of carbonyl (C=O) groups is 3. The maximum absolute atomic E-state index is 13.8. The van der Waals surface area contributed by atoms with Crippen LogP contribution in [0.4, 0.5) is 0 Å². The molecule has 3 amide bonds. The lowest BCUT2D eigenvalue weighted by atomic mass is 9.93. The van der Waals surface area contributed by atoms with Gasteiger partial charge in [-0.3, -0.25) is 14.4 Å². The molecule has 2 aromatic carbocycles. The van der Waals surface area contributed by atoms with Crippen molar-refractivity contribution < 1.29 is 23.9 Å². The second kappa shape index (κ2) is 10.2. The number of amides is 3. The predicted octanol–water partition coefficient (Wildman–Crippen LogP) is 2.52. The molecule has 2 aliphatic rings. The molecule has 38 heavy (non-hydrogen) atoms. The summed E-state index contributed by atoms with van der Waals surface area (Å²) in [6.07, 6.45) is 3.09. The number of carbonyl (C=O) groups excluding carboxylic acids is 3. The third-order valence-electron chi connectivity index (χ3n) is 7.13. The molecular weight excluding hydrogens is 486 g/mol. The molecule has 1 fully saturated rings. The van der Waals surface area contributed by atoms with Gasteiger partial charge in [-0.25, -0.2) is 4.98 Å². The molecule has 3 aromatic rings. The zero-order chi connectivity index (χ0) is 26.9. The van der Waals surface area contributed by atoms with E-state index in [-0.39, 0.29) is 42.3 Å². The van der Waals surface area contributed by atoms with Crippen molar-refractivity contribution in [3.63, 3.8) is 0 Å². The molecule has 0 spiro atoms. The van der Waals surface area contributed by atoms with E-state index in [0.717, 1.165) is 29.7 Å². The van der Waals surface area contributed by atoms with Gasteiger partial charge in [0, 0.05) is 24.7 Å². The van der Waals surface area contributed by atoms with Gasteiger partial charge in [0.1, 0.15) is 22.7 Å². The topological polar surface area (TPSA) is 115 Å². The summed E-state index contributed by atoms with van der Waals surface area (Å²) in [5.41, 5.74) is 0.860. The van der Waals surface area contributed by atoms with Gasteiger partial charge in [-0.15, -0.1) is 0 Å². The van der Waals surface area contributed by atoms with Crippen molar-refractivity contribution in [3.05, 3.63) is 77.4 Å². The molecule has 1 aromatic heterocycles. The number of hydrogen-bond donors (Lipinski definition) is 2. The maximum atomic E-state index is 13.8. The van der Waals surface area contributed by atoms with E-state index in [9.17, 15) is 14.4 Å². The monoisotopic (exact) mass is 517 g/mol. The van der Waals surface area contributed by atoms with Crippen molar-refractivity contribution >= 4 is 17.7 Å². The second-order valence-electron chi connectivity index (χ2n) is 9.78. The summed E-state index contributed by atoms with van der Waals surface area (Å²) in [7, 11) is 3.17. The number of nitrogens with one attached hydrogen (secondary N) is 2. The first-order valence-corrected chi connectivity index (χ1v) is 12.6. The van der Waals surface area contributed by atoms with Gasteiger partial charge in [-0.1, -0.05) is 30.3 Å². The van der Waals surface area contributed by atoms with E-state index < -0.39 is 11.4 Å². The molecule has 1 unspecified atom stereocenters. The van der Waals surface area contributed by atoms with Crippen LogP contribution in [0, 0.1) is 0 Å². The number of para-hydroxylation sites is 1. The molecular formula is C28H31N5O5. The lowest BCUT2D eigenvalue weighted by Gasteiger charge is -2.44. The molecule has 1 aliphatic heterocycles. The quantitative estimate of drug-likeness (QED) is 0.451. The second-order valence-corrected chi connectivity index (χ2v) is 9.78. The van der Waals surface area contributed by atoms with E-state index in [1.54, 1.807) is 30.6 Å². The molecule has 10 nitrogen and oxygen atoms in total. The summed E-state index contributed by atoms with van der Waals surface area (Å²) in [6.45, 7) is 2.52. The third-order valence-corrected chi connectivity index (χ3v) is 7.13. The fourth-order valence-electron chi connectivity index (χ4n) is 4.95. The van der Waals surface area contributed by atoms with Crippen LogP contribution in [0.5, 0.6) is 11.5 Å². The van der Waals surface area contributed by atoms with E-state index in [1.165, 1.54) is 6.33 Å². The first-order chi connectivity index (χ1) is 18.4. The highest BCUT2D eigenvalue weighted by Crippen LogP contribution is 2.39. The minimum atomic E-state index is -1.12. The van der Waals surface area contributed by atoms with Crippen molar-refractivity contribution in [2.45, 2.75) is 51.0 Å². The zero-order valence-electron chi connectivity index (χ0n) is 21.7. The SMILES string of the molecule is COc1ccc(CNC(=O)C2(C)Cn3cnc(C(=O)NCc4ccccc4OC)c3C(=O)N2C2CC2)cc1. The van der Waals surface area contributed by atoms with E-state index in [0.29, 0.717) is 12.3 Å².